The number of carbonyl (C=O) groups is 1. The zero-order valence-corrected chi connectivity index (χ0v) is 13.9. The van der Waals surface area contributed by atoms with Crippen molar-refractivity contribution in [2.24, 2.45) is 0 Å². The number of ether oxygens (including phenoxy) is 2. The van der Waals surface area contributed by atoms with E-state index < -0.39 is 5.91 Å². The van der Waals surface area contributed by atoms with Crippen molar-refractivity contribution in [3.8, 4) is 17.6 Å². The number of nitrogens with zero attached hydrogens (tertiary/aromatic N) is 1. The normalized spacial score (nSPS) is 10.7. The molecule has 122 valence electrons. The molecule has 0 unspecified atom stereocenters. The summed E-state index contributed by atoms with van der Waals surface area (Å²) in [4.78, 5) is 12.4. The number of halogens is 1. The Balaban J connectivity index is 2.32. The van der Waals surface area contributed by atoms with Crippen molar-refractivity contribution in [3.63, 3.8) is 0 Å². The highest BCUT2D eigenvalue weighted by Gasteiger charge is 2.14. The first-order valence-corrected chi connectivity index (χ1v) is 7.36. The van der Waals surface area contributed by atoms with E-state index in [0.29, 0.717) is 27.8 Å². The number of hydrogen-bond acceptors (Lipinski definition) is 4. The number of anilines is 1. The Labute approximate surface area is 145 Å². The number of hydrogen-bond donors (Lipinski definition) is 1. The maximum Gasteiger partial charge on any atom is 0.266 e. The highest BCUT2D eigenvalue weighted by Crippen LogP contribution is 2.28. The van der Waals surface area contributed by atoms with E-state index in [1.54, 1.807) is 42.5 Å². The average Bonchev–Trinajstić information content (AvgIpc) is 2.60. The topological polar surface area (TPSA) is 71.3 Å². The molecule has 0 aliphatic rings. The van der Waals surface area contributed by atoms with E-state index in [-0.39, 0.29) is 5.57 Å². The molecule has 0 saturated heterocycles. The molecule has 2 rings (SSSR count). The maximum absolute atomic E-state index is 12.4. The molecule has 5 nitrogen and oxygen atoms in total. The molecule has 0 atom stereocenters. The number of nitrogens with one attached hydrogen (secondary N) is 1. The van der Waals surface area contributed by atoms with Crippen LogP contribution in [0.5, 0.6) is 11.5 Å². The summed E-state index contributed by atoms with van der Waals surface area (Å²) >= 11 is 5.94. The lowest BCUT2D eigenvalue weighted by Crippen LogP contribution is -2.14. The van der Waals surface area contributed by atoms with Gasteiger partial charge in [0.05, 0.1) is 19.9 Å². The van der Waals surface area contributed by atoms with E-state index in [0.717, 1.165) is 0 Å². The Morgan fingerprint density at radius 2 is 1.88 bits per heavy atom. The van der Waals surface area contributed by atoms with Crippen molar-refractivity contribution >= 4 is 29.3 Å². The van der Waals surface area contributed by atoms with Crippen LogP contribution < -0.4 is 14.8 Å². The second-order valence-electron chi connectivity index (χ2n) is 4.71. The molecule has 24 heavy (non-hydrogen) atoms. The minimum Gasteiger partial charge on any atom is -0.496 e. The Morgan fingerprint density at radius 3 is 2.54 bits per heavy atom. The number of carbonyl (C=O) groups excluding carboxylic acids is 1. The first-order chi connectivity index (χ1) is 11.6. The lowest BCUT2D eigenvalue weighted by molar-refractivity contribution is -0.112. The summed E-state index contributed by atoms with van der Waals surface area (Å²) in [7, 11) is 3.00. The number of rotatable bonds is 5. The number of amides is 1. The van der Waals surface area contributed by atoms with Crippen LogP contribution in [0.3, 0.4) is 0 Å². The van der Waals surface area contributed by atoms with Gasteiger partial charge >= 0.3 is 0 Å². The fourth-order valence-corrected chi connectivity index (χ4v) is 2.23. The van der Waals surface area contributed by atoms with Gasteiger partial charge in [0.15, 0.2) is 0 Å². The van der Waals surface area contributed by atoms with Crippen LogP contribution in [0, 0.1) is 11.3 Å². The van der Waals surface area contributed by atoms with E-state index in [1.807, 2.05) is 6.07 Å². The Kier molecular flexibility index (Phi) is 5.83. The molecule has 6 heteroatoms. The summed E-state index contributed by atoms with van der Waals surface area (Å²) in [6.45, 7) is 0. The molecule has 1 amide bonds. The predicted molar refractivity (Wildman–Crippen MR) is 93.2 cm³/mol. The van der Waals surface area contributed by atoms with Gasteiger partial charge in [-0.05, 0) is 30.3 Å². The van der Waals surface area contributed by atoms with Crippen molar-refractivity contribution in [1.29, 1.82) is 5.26 Å². The largest absolute Gasteiger partial charge is 0.496 e. The molecule has 0 aliphatic carbocycles. The SMILES string of the molecule is COc1ccccc1/C=C(\C#N)C(=O)Nc1cc(Cl)ccc1OC. The number of methoxy groups -OCH3 is 2. The summed E-state index contributed by atoms with van der Waals surface area (Å²) in [6, 6.07) is 13.8. The number of nitriles is 1. The van der Waals surface area contributed by atoms with E-state index in [1.165, 1.54) is 20.3 Å². The summed E-state index contributed by atoms with van der Waals surface area (Å²) in [6.07, 6.45) is 1.46. The van der Waals surface area contributed by atoms with Gasteiger partial charge in [-0.3, -0.25) is 4.79 Å². The van der Waals surface area contributed by atoms with Gasteiger partial charge in [0.25, 0.3) is 5.91 Å². The van der Waals surface area contributed by atoms with Crippen LogP contribution in [0.1, 0.15) is 5.56 Å². The predicted octanol–water partition coefficient (Wildman–Crippen LogP) is 3.90. The summed E-state index contributed by atoms with van der Waals surface area (Å²) in [5.41, 5.74) is 0.947. The molecular formula is C18H15ClN2O3. The van der Waals surface area contributed by atoms with Crippen molar-refractivity contribution < 1.29 is 14.3 Å². The summed E-state index contributed by atoms with van der Waals surface area (Å²) in [5, 5.41) is 12.4. The first kappa shape index (κ1) is 17.4. The minimum atomic E-state index is -0.566. The third kappa shape index (κ3) is 4.06. The van der Waals surface area contributed by atoms with Crippen molar-refractivity contribution in [2.45, 2.75) is 0 Å². The highest BCUT2D eigenvalue weighted by atomic mass is 35.5. The molecule has 1 N–H and O–H groups in total. The van der Waals surface area contributed by atoms with Crippen molar-refractivity contribution in [2.75, 3.05) is 19.5 Å². The summed E-state index contributed by atoms with van der Waals surface area (Å²) < 4.78 is 10.4. The highest BCUT2D eigenvalue weighted by molar-refractivity contribution is 6.31. The average molecular weight is 343 g/mol. The molecule has 0 aliphatic heterocycles. The van der Waals surface area contributed by atoms with Crippen LogP contribution in [0.4, 0.5) is 5.69 Å². The first-order valence-electron chi connectivity index (χ1n) is 6.98. The third-order valence-corrected chi connectivity index (χ3v) is 3.45. The fraction of sp³-hybridized carbons (Fsp3) is 0.111. The zero-order chi connectivity index (χ0) is 17.5. The van der Waals surface area contributed by atoms with Crippen molar-refractivity contribution in [3.05, 3.63) is 58.6 Å². The van der Waals surface area contributed by atoms with E-state index in [2.05, 4.69) is 5.32 Å². The van der Waals surface area contributed by atoms with Crippen LogP contribution >= 0.6 is 11.6 Å². The molecule has 0 aromatic heterocycles. The third-order valence-electron chi connectivity index (χ3n) is 3.21. The van der Waals surface area contributed by atoms with Gasteiger partial charge in [0, 0.05) is 10.6 Å². The van der Waals surface area contributed by atoms with Crippen LogP contribution in [0.25, 0.3) is 6.08 Å². The lowest BCUT2D eigenvalue weighted by atomic mass is 10.1. The quantitative estimate of drug-likeness (QED) is 0.660. The van der Waals surface area contributed by atoms with Crippen LogP contribution in [0.2, 0.25) is 5.02 Å². The van der Waals surface area contributed by atoms with Crippen LogP contribution in [-0.2, 0) is 4.79 Å². The monoisotopic (exact) mass is 342 g/mol. The van der Waals surface area contributed by atoms with Gasteiger partial charge in [-0.25, -0.2) is 0 Å². The second-order valence-corrected chi connectivity index (χ2v) is 5.15. The molecule has 0 heterocycles. The number of para-hydroxylation sites is 1. The van der Waals surface area contributed by atoms with E-state index in [4.69, 9.17) is 21.1 Å². The molecule has 0 spiro atoms. The van der Waals surface area contributed by atoms with Gasteiger partial charge in [-0.2, -0.15) is 5.26 Å². The lowest BCUT2D eigenvalue weighted by Gasteiger charge is -2.10. The molecule has 0 saturated carbocycles. The molecular weight excluding hydrogens is 328 g/mol. The van der Waals surface area contributed by atoms with Gasteiger partial charge in [-0.15, -0.1) is 0 Å². The van der Waals surface area contributed by atoms with Gasteiger partial charge in [-0.1, -0.05) is 29.8 Å². The zero-order valence-electron chi connectivity index (χ0n) is 13.2. The van der Waals surface area contributed by atoms with E-state index in [9.17, 15) is 10.1 Å². The molecule has 2 aromatic rings. The van der Waals surface area contributed by atoms with Gasteiger partial charge < -0.3 is 14.8 Å². The fourth-order valence-electron chi connectivity index (χ4n) is 2.06. The Hall–Kier alpha value is -2.97. The molecule has 0 radical (unpaired) electrons. The van der Waals surface area contributed by atoms with Crippen LogP contribution in [0.15, 0.2) is 48.0 Å². The minimum absolute atomic E-state index is 0.0680. The van der Waals surface area contributed by atoms with Gasteiger partial charge in [0.1, 0.15) is 23.1 Å². The van der Waals surface area contributed by atoms with Gasteiger partial charge in [0.2, 0.25) is 0 Å². The smallest absolute Gasteiger partial charge is 0.266 e. The molecule has 2 aromatic carbocycles. The van der Waals surface area contributed by atoms with Crippen molar-refractivity contribution in [1.82, 2.24) is 0 Å². The molecule has 0 fully saturated rings. The Bertz CT molecular complexity index is 825. The standard InChI is InChI=1S/C18H15ClN2O3/c1-23-16-6-4-3-5-12(16)9-13(11-20)18(22)21-15-10-14(19)7-8-17(15)24-2/h3-10H,1-2H3,(H,21,22)/b13-9+. The van der Waals surface area contributed by atoms with Crippen LogP contribution in [-0.4, -0.2) is 20.1 Å². The maximum atomic E-state index is 12.4. The summed E-state index contributed by atoms with van der Waals surface area (Å²) in [5.74, 6) is 0.449. The number of benzene rings is 2. The Morgan fingerprint density at radius 1 is 1.17 bits per heavy atom. The van der Waals surface area contributed by atoms with E-state index >= 15 is 0 Å². The second kappa shape index (κ2) is 8.04. The molecule has 0 bridgehead atoms.